The van der Waals surface area contributed by atoms with E-state index in [1.54, 1.807) is 48.5 Å². The van der Waals surface area contributed by atoms with E-state index in [2.05, 4.69) is 10.6 Å². The minimum absolute atomic E-state index is 0.115. The lowest BCUT2D eigenvalue weighted by Gasteiger charge is -2.24. The van der Waals surface area contributed by atoms with Gasteiger partial charge in [0.2, 0.25) is 0 Å². The summed E-state index contributed by atoms with van der Waals surface area (Å²) >= 11 is 0. The normalized spacial score (nSPS) is 12.0. The molecule has 0 saturated heterocycles. The van der Waals surface area contributed by atoms with Crippen molar-refractivity contribution < 1.29 is 19.5 Å². The summed E-state index contributed by atoms with van der Waals surface area (Å²) in [6, 6.07) is 24.3. The SMILES string of the molecule is Cc1ccc(Nc2ccc(Nc3cccc(C(=O)O)c3)c3c2C(=O)c2ccccc2C3=O)cc1. The summed E-state index contributed by atoms with van der Waals surface area (Å²) in [7, 11) is 0. The first-order chi connectivity index (χ1) is 16.4. The van der Waals surface area contributed by atoms with Gasteiger partial charge in [0.15, 0.2) is 11.6 Å². The second-order valence-electron chi connectivity index (χ2n) is 8.12. The largest absolute Gasteiger partial charge is 0.478 e. The third-order valence-electron chi connectivity index (χ3n) is 5.79. The molecule has 5 rings (SSSR count). The standard InChI is InChI=1S/C28H20N2O4/c1-16-9-11-18(12-10-16)29-22-13-14-23(30-19-6-4-5-17(15-19)28(33)34)25-24(22)26(31)20-7-2-3-8-21(20)27(25)32/h2-15,29-30H,1H3,(H,33,34). The van der Waals surface area contributed by atoms with Crippen molar-refractivity contribution in [3.63, 3.8) is 0 Å². The van der Waals surface area contributed by atoms with Crippen molar-refractivity contribution in [1.82, 2.24) is 0 Å². The molecule has 0 unspecified atom stereocenters. The quantitative estimate of drug-likeness (QED) is 0.307. The van der Waals surface area contributed by atoms with Crippen LogP contribution in [-0.4, -0.2) is 22.6 Å². The molecule has 0 saturated carbocycles. The maximum absolute atomic E-state index is 13.6. The predicted molar refractivity (Wildman–Crippen MR) is 131 cm³/mol. The molecular formula is C28H20N2O4. The fourth-order valence-corrected chi connectivity index (χ4v) is 4.11. The third-order valence-corrected chi connectivity index (χ3v) is 5.79. The first kappa shape index (κ1) is 21.2. The number of anilines is 4. The highest BCUT2D eigenvalue weighted by Crippen LogP contribution is 2.38. The molecule has 166 valence electrons. The molecule has 0 atom stereocenters. The number of nitrogens with one attached hydrogen (secondary N) is 2. The monoisotopic (exact) mass is 448 g/mol. The van der Waals surface area contributed by atoms with Crippen molar-refractivity contribution in [2.24, 2.45) is 0 Å². The molecule has 3 N–H and O–H groups in total. The van der Waals surface area contributed by atoms with Gasteiger partial charge in [-0.1, -0.05) is 48.0 Å². The van der Waals surface area contributed by atoms with E-state index in [1.165, 1.54) is 12.1 Å². The minimum Gasteiger partial charge on any atom is -0.478 e. The van der Waals surface area contributed by atoms with Crippen LogP contribution >= 0.6 is 0 Å². The molecule has 0 amide bonds. The van der Waals surface area contributed by atoms with Crippen LogP contribution in [0.2, 0.25) is 0 Å². The van der Waals surface area contributed by atoms with Gasteiger partial charge in [0.25, 0.3) is 0 Å². The Morgan fingerprint density at radius 2 is 1.24 bits per heavy atom. The van der Waals surface area contributed by atoms with Crippen LogP contribution in [0.4, 0.5) is 22.7 Å². The first-order valence-electron chi connectivity index (χ1n) is 10.7. The summed E-state index contributed by atoms with van der Waals surface area (Å²) in [5.41, 5.74) is 4.70. The summed E-state index contributed by atoms with van der Waals surface area (Å²) in [5, 5.41) is 15.7. The Morgan fingerprint density at radius 3 is 1.79 bits per heavy atom. The Labute approximate surface area is 195 Å². The van der Waals surface area contributed by atoms with Crippen molar-refractivity contribution in [3.8, 4) is 0 Å². The number of carboxylic acids is 1. The second-order valence-corrected chi connectivity index (χ2v) is 8.12. The van der Waals surface area contributed by atoms with E-state index in [4.69, 9.17) is 0 Å². The Hall–Kier alpha value is -4.71. The number of hydrogen-bond acceptors (Lipinski definition) is 5. The van der Waals surface area contributed by atoms with Crippen molar-refractivity contribution in [2.75, 3.05) is 10.6 Å². The fourth-order valence-electron chi connectivity index (χ4n) is 4.11. The van der Waals surface area contributed by atoms with Gasteiger partial charge in [-0.25, -0.2) is 4.79 Å². The van der Waals surface area contributed by atoms with E-state index < -0.39 is 5.97 Å². The topological polar surface area (TPSA) is 95.5 Å². The van der Waals surface area contributed by atoms with E-state index in [0.29, 0.717) is 28.2 Å². The van der Waals surface area contributed by atoms with Crippen LogP contribution in [-0.2, 0) is 0 Å². The van der Waals surface area contributed by atoms with E-state index in [-0.39, 0.29) is 28.3 Å². The highest BCUT2D eigenvalue weighted by Gasteiger charge is 2.34. The van der Waals surface area contributed by atoms with Gasteiger partial charge < -0.3 is 15.7 Å². The lowest BCUT2D eigenvalue weighted by atomic mass is 9.82. The van der Waals surface area contributed by atoms with Gasteiger partial charge in [-0.2, -0.15) is 0 Å². The van der Waals surface area contributed by atoms with Crippen LogP contribution in [0.3, 0.4) is 0 Å². The highest BCUT2D eigenvalue weighted by atomic mass is 16.4. The smallest absolute Gasteiger partial charge is 0.335 e. The Kier molecular flexibility index (Phi) is 5.18. The van der Waals surface area contributed by atoms with Crippen molar-refractivity contribution in [3.05, 3.63) is 118 Å². The van der Waals surface area contributed by atoms with Gasteiger partial charge in [0.1, 0.15) is 0 Å². The highest BCUT2D eigenvalue weighted by molar-refractivity contribution is 6.32. The molecule has 0 bridgehead atoms. The van der Waals surface area contributed by atoms with E-state index in [9.17, 15) is 19.5 Å². The number of ketones is 2. The summed E-state index contributed by atoms with van der Waals surface area (Å²) in [6.45, 7) is 1.99. The number of carboxylic acid groups (broad SMARTS) is 1. The summed E-state index contributed by atoms with van der Waals surface area (Å²) < 4.78 is 0. The molecule has 1 aliphatic rings. The molecule has 4 aromatic rings. The zero-order chi connectivity index (χ0) is 23.8. The third kappa shape index (κ3) is 3.71. The maximum Gasteiger partial charge on any atom is 0.335 e. The number of carbonyl (C=O) groups is 3. The molecule has 4 aromatic carbocycles. The van der Waals surface area contributed by atoms with Crippen molar-refractivity contribution in [1.29, 1.82) is 0 Å². The summed E-state index contributed by atoms with van der Waals surface area (Å²) in [6.07, 6.45) is 0. The van der Waals surface area contributed by atoms with Crippen molar-refractivity contribution in [2.45, 2.75) is 6.92 Å². The number of hydrogen-bond donors (Lipinski definition) is 3. The Balaban J connectivity index is 1.65. The van der Waals surface area contributed by atoms with E-state index in [0.717, 1.165) is 11.3 Å². The molecular weight excluding hydrogens is 428 g/mol. The van der Waals surface area contributed by atoms with Crippen molar-refractivity contribution >= 4 is 40.3 Å². The van der Waals surface area contributed by atoms with Gasteiger partial charge in [-0.15, -0.1) is 0 Å². The molecule has 0 fully saturated rings. The zero-order valence-corrected chi connectivity index (χ0v) is 18.3. The zero-order valence-electron chi connectivity index (χ0n) is 18.3. The van der Waals surface area contributed by atoms with Crippen LogP contribution in [0.15, 0.2) is 84.9 Å². The maximum atomic E-state index is 13.6. The number of aromatic carboxylic acids is 1. The van der Waals surface area contributed by atoms with Crippen LogP contribution in [0.1, 0.15) is 47.8 Å². The Bertz CT molecular complexity index is 1470. The first-order valence-corrected chi connectivity index (χ1v) is 10.7. The molecule has 0 spiro atoms. The Morgan fingerprint density at radius 1 is 0.676 bits per heavy atom. The molecule has 0 aliphatic heterocycles. The van der Waals surface area contributed by atoms with E-state index >= 15 is 0 Å². The molecule has 0 heterocycles. The average molecular weight is 448 g/mol. The number of aryl methyl sites for hydroxylation is 1. The predicted octanol–water partition coefficient (Wildman–Crippen LogP) is 5.96. The van der Waals surface area contributed by atoms with Gasteiger partial charge >= 0.3 is 5.97 Å². The summed E-state index contributed by atoms with van der Waals surface area (Å²) in [4.78, 5) is 38.5. The molecule has 0 aromatic heterocycles. The van der Waals surface area contributed by atoms with Gasteiger partial charge in [-0.05, 0) is 49.4 Å². The molecule has 6 heteroatoms. The van der Waals surface area contributed by atoms with Crippen LogP contribution in [0.5, 0.6) is 0 Å². The second kappa shape index (κ2) is 8.33. The number of benzene rings is 4. The molecule has 34 heavy (non-hydrogen) atoms. The lowest BCUT2D eigenvalue weighted by Crippen LogP contribution is -2.23. The molecule has 0 radical (unpaired) electrons. The van der Waals surface area contributed by atoms with Gasteiger partial charge in [0.05, 0.1) is 28.1 Å². The molecule has 1 aliphatic carbocycles. The van der Waals surface area contributed by atoms with Gasteiger partial charge in [-0.3, -0.25) is 9.59 Å². The lowest BCUT2D eigenvalue weighted by molar-refractivity contribution is 0.0696. The van der Waals surface area contributed by atoms with Gasteiger partial charge in [0, 0.05) is 22.5 Å². The number of carbonyl (C=O) groups excluding carboxylic acids is 2. The minimum atomic E-state index is -1.05. The van der Waals surface area contributed by atoms with Crippen LogP contribution in [0, 0.1) is 6.92 Å². The summed E-state index contributed by atoms with van der Waals surface area (Å²) in [5.74, 6) is -1.57. The number of rotatable bonds is 5. The van der Waals surface area contributed by atoms with Crippen LogP contribution in [0.25, 0.3) is 0 Å². The fraction of sp³-hybridized carbons (Fsp3) is 0.0357. The van der Waals surface area contributed by atoms with Crippen LogP contribution < -0.4 is 10.6 Å². The average Bonchev–Trinajstić information content (AvgIpc) is 2.85. The number of fused-ring (bicyclic) bond motifs is 2. The molecule has 6 nitrogen and oxygen atoms in total. The van der Waals surface area contributed by atoms with E-state index in [1.807, 2.05) is 31.2 Å².